The number of nitro benzene ring substituents is 1. The van der Waals surface area contributed by atoms with E-state index in [0.717, 1.165) is 12.1 Å². The van der Waals surface area contributed by atoms with Crippen molar-refractivity contribution < 1.29 is 14.2 Å². The molecule has 1 aliphatic rings. The number of aryl methyl sites for hydroxylation is 1. The lowest BCUT2D eigenvalue weighted by Crippen LogP contribution is -2.33. The van der Waals surface area contributed by atoms with Gasteiger partial charge in [0.1, 0.15) is 11.7 Å². The molecule has 1 atom stereocenters. The molecule has 1 aromatic carbocycles. The van der Waals surface area contributed by atoms with E-state index in [0.29, 0.717) is 24.5 Å². The van der Waals surface area contributed by atoms with Crippen LogP contribution in [0.1, 0.15) is 17.5 Å². The minimum Gasteiger partial charge on any atom is -0.367 e. The number of morpholine rings is 1. The molecule has 21 heavy (non-hydrogen) atoms. The van der Waals surface area contributed by atoms with Crippen LogP contribution in [-0.2, 0) is 4.74 Å². The monoisotopic (exact) mass is 290 g/mol. The largest absolute Gasteiger partial charge is 0.367 e. The third-order valence-electron chi connectivity index (χ3n) is 3.24. The fraction of sp³-hybridized carbons (Fsp3) is 0.385. The predicted molar refractivity (Wildman–Crippen MR) is 72.7 cm³/mol. The molecule has 0 spiro atoms. The molecule has 1 unspecified atom stereocenters. The molecule has 2 aromatic rings. The van der Waals surface area contributed by atoms with E-state index in [4.69, 9.17) is 9.26 Å². The highest BCUT2D eigenvalue weighted by atomic mass is 16.6. The molecule has 0 aliphatic carbocycles. The van der Waals surface area contributed by atoms with Crippen LogP contribution in [0.5, 0.6) is 0 Å². The zero-order valence-electron chi connectivity index (χ0n) is 11.4. The number of ether oxygens (including phenoxy) is 1. The van der Waals surface area contributed by atoms with Crippen molar-refractivity contribution >= 4 is 5.69 Å². The van der Waals surface area contributed by atoms with E-state index >= 15 is 0 Å². The van der Waals surface area contributed by atoms with Crippen LogP contribution in [0.3, 0.4) is 0 Å². The number of nitrogens with one attached hydrogen (secondary N) is 1. The molecule has 110 valence electrons. The summed E-state index contributed by atoms with van der Waals surface area (Å²) in [6, 6.07) is 4.77. The van der Waals surface area contributed by atoms with E-state index in [9.17, 15) is 10.1 Å². The van der Waals surface area contributed by atoms with Gasteiger partial charge in [0.2, 0.25) is 5.82 Å². The Bertz CT molecular complexity index is 664. The summed E-state index contributed by atoms with van der Waals surface area (Å²) in [6.45, 7) is 3.79. The quantitative estimate of drug-likeness (QED) is 0.676. The second-order valence-electron chi connectivity index (χ2n) is 4.80. The highest BCUT2D eigenvalue weighted by Crippen LogP contribution is 2.30. The Balaban J connectivity index is 1.95. The summed E-state index contributed by atoms with van der Waals surface area (Å²) in [4.78, 5) is 14.9. The Hall–Kier alpha value is -2.32. The Labute approximate surface area is 120 Å². The number of hydrogen-bond donors (Lipinski definition) is 1. The van der Waals surface area contributed by atoms with Gasteiger partial charge in [0.05, 0.1) is 11.5 Å². The Morgan fingerprint density at radius 1 is 1.48 bits per heavy atom. The molecule has 3 rings (SSSR count). The topological polar surface area (TPSA) is 103 Å². The molecule has 0 saturated carbocycles. The first-order valence-corrected chi connectivity index (χ1v) is 6.56. The zero-order valence-corrected chi connectivity index (χ0v) is 11.4. The van der Waals surface area contributed by atoms with Crippen molar-refractivity contribution in [3.05, 3.63) is 39.7 Å². The van der Waals surface area contributed by atoms with Crippen LogP contribution in [0.15, 0.2) is 22.7 Å². The van der Waals surface area contributed by atoms with E-state index in [1.54, 1.807) is 12.1 Å². The second kappa shape index (κ2) is 5.58. The molecule has 1 fully saturated rings. The fourth-order valence-electron chi connectivity index (χ4n) is 2.19. The lowest BCUT2D eigenvalue weighted by Gasteiger charge is -2.20. The second-order valence-corrected chi connectivity index (χ2v) is 4.80. The normalized spacial score (nSPS) is 18.6. The van der Waals surface area contributed by atoms with Crippen LogP contribution < -0.4 is 5.32 Å². The summed E-state index contributed by atoms with van der Waals surface area (Å²) >= 11 is 0. The smallest absolute Gasteiger partial charge is 0.282 e. The molecule has 0 radical (unpaired) electrons. The summed E-state index contributed by atoms with van der Waals surface area (Å²) in [5.41, 5.74) is 1.15. The van der Waals surface area contributed by atoms with Gasteiger partial charge in [-0.25, -0.2) is 0 Å². The fourth-order valence-corrected chi connectivity index (χ4v) is 2.19. The third-order valence-corrected chi connectivity index (χ3v) is 3.24. The minimum atomic E-state index is -0.461. The average Bonchev–Trinajstić information content (AvgIpc) is 2.97. The maximum Gasteiger partial charge on any atom is 0.282 e. The Kier molecular flexibility index (Phi) is 3.63. The van der Waals surface area contributed by atoms with Crippen LogP contribution >= 0.6 is 0 Å². The van der Waals surface area contributed by atoms with Gasteiger partial charge in [0.15, 0.2) is 0 Å². The molecule has 1 N–H and O–H groups in total. The van der Waals surface area contributed by atoms with E-state index in [-0.39, 0.29) is 17.7 Å². The molecular formula is C13H14N4O4. The third kappa shape index (κ3) is 2.76. The molecule has 0 bridgehead atoms. The molecule has 8 heteroatoms. The maximum atomic E-state index is 11.1. The van der Waals surface area contributed by atoms with E-state index in [2.05, 4.69) is 15.5 Å². The summed E-state index contributed by atoms with van der Waals surface area (Å²) in [7, 11) is 0. The SMILES string of the molecule is Cc1ccc([N+](=O)[O-])c(-c2nc(C3CNCCO3)no2)c1. The van der Waals surface area contributed by atoms with Gasteiger partial charge in [-0.1, -0.05) is 11.2 Å². The number of nitro groups is 1. The summed E-state index contributed by atoms with van der Waals surface area (Å²) < 4.78 is 10.7. The van der Waals surface area contributed by atoms with Crippen LogP contribution in [0.4, 0.5) is 5.69 Å². The lowest BCUT2D eigenvalue weighted by molar-refractivity contribution is -0.384. The van der Waals surface area contributed by atoms with Crippen molar-refractivity contribution in [2.45, 2.75) is 13.0 Å². The molecule has 1 aliphatic heterocycles. The zero-order chi connectivity index (χ0) is 14.8. The first kappa shape index (κ1) is 13.7. The van der Waals surface area contributed by atoms with Crippen molar-refractivity contribution in [2.75, 3.05) is 19.7 Å². The van der Waals surface area contributed by atoms with Gasteiger partial charge >= 0.3 is 0 Å². The van der Waals surface area contributed by atoms with Crippen molar-refractivity contribution in [3.8, 4) is 11.5 Å². The first-order chi connectivity index (χ1) is 10.1. The summed E-state index contributed by atoms with van der Waals surface area (Å²) in [5, 5.41) is 18.1. The Morgan fingerprint density at radius 2 is 2.33 bits per heavy atom. The number of rotatable bonds is 3. The average molecular weight is 290 g/mol. The van der Waals surface area contributed by atoms with Crippen molar-refractivity contribution in [2.24, 2.45) is 0 Å². The van der Waals surface area contributed by atoms with Gasteiger partial charge < -0.3 is 14.6 Å². The lowest BCUT2D eigenvalue weighted by atomic mass is 10.1. The van der Waals surface area contributed by atoms with Crippen LogP contribution in [0.2, 0.25) is 0 Å². The standard InChI is InChI=1S/C13H14N4O4/c1-8-2-3-10(17(18)19)9(6-8)13-15-12(16-21-13)11-7-14-4-5-20-11/h2-3,6,11,14H,4-5,7H2,1H3. The number of benzene rings is 1. The first-order valence-electron chi connectivity index (χ1n) is 6.56. The van der Waals surface area contributed by atoms with E-state index in [1.165, 1.54) is 6.07 Å². The van der Waals surface area contributed by atoms with E-state index < -0.39 is 4.92 Å². The number of hydrogen-bond acceptors (Lipinski definition) is 7. The predicted octanol–water partition coefficient (Wildman–Crippen LogP) is 1.61. The molecule has 2 heterocycles. The highest BCUT2D eigenvalue weighted by Gasteiger charge is 2.25. The van der Waals surface area contributed by atoms with Crippen LogP contribution in [-0.4, -0.2) is 34.8 Å². The molecule has 0 amide bonds. The molecular weight excluding hydrogens is 276 g/mol. The van der Waals surface area contributed by atoms with Gasteiger partial charge in [-0.15, -0.1) is 0 Å². The van der Waals surface area contributed by atoms with E-state index in [1.807, 2.05) is 6.92 Å². The van der Waals surface area contributed by atoms with Crippen LogP contribution in [0, 0.1) is 17.0 Å². The summed E-state index contributed by atoms with van der Waals surface area (Å²) in [6.07, 6.45) is -0.292. The van der Waals surface area contributed by atoms with Gasteiger partial charge in [0.25, 0.3) is 11.6 Å². The maximum absolute atomic E-state index is 11.1. The van der Waals surface area contributed by atoms with Crippen molar-refractivity contribution in [1.29, 1.82) is 0 Å². The molecule has 1 aromatic heterocycles. The van der Waals surface area contributed by atoms with Crippen molar-refractivity contribution in [3.63, 3.8) is 0 Å². The summed E-state index contributed by atoms with van der Waals surface area (Å²) in [5.74, 6) is 0.530. The highest BCUT2D eigenvalue weighted by molar-refractivity contribution is 5.67. The minimum absolute atomic E-state index is 0.0570. The van der Waals surface area contributed by atoms with Crippen molar-refractivity contribution in [1.82, 2.24) is 15.5 Å². The Morgan fingerprint density at radius 3 is 3.05 bits per heavy atom. The van der Waals surface area contributed by atoms with Gasteiger partial charge in [-0.3, -0.25) is 10.1 Å². The van der Waals surface area contributed by atoms with Gasteiger partial charge in [0, 0.05) is 19.2 Å². The number of nitrogens with zero attached hydrogens (tertiary/aromatic N) is 3. The van der Waals surface area contributed by atoms with Gasteiger partial charge in [-0.05, 0) is 18.6 Å². The molecule has 1 saturated heterocycles. The number of aromatic nitrogens is 2. The van der Waals surface area contributed by atoms with Crippen LogP contribution in [0.25, 0.3) is 11.5 Å². The van der Waals surface area contributed by atoms with Gasteiger partial charge in [-0.2, -0.15) is 4.98 Å². The molecule has 8 nitrogen and oxygen atoms in total.